The molecule has 1 aromatic carbocycles. The first-order valence-electron chi connectivity index (χ1n) is 10.8. The van der Waals surface area contributed by atoms with Crippen molar-refractivity contribution in [2.45, 2.75) is 19.9 Å². The molecule has 0 aliphatic carbocycles. The van der Waals surface area contributed by atoms with Crippen molar-refractivity contribution < 1.29 is 19.1 Å². The zero-order valence-electron chi connectivity index (χ0n) is 19.2. The lowest BCUT2D eigenvalue weighted by Gasteiger charge is -2.29. The average Bonchev–Trinajstić information content (AvgIpc) is 3.30. The average molecular weight is 482 g/mol. The maximum absolute atomic E-state index is 13.0. The number of hydrogen-bond acceptors (Lipinski definition) is 7. The molecular formula is C24H27N5O4S. The van der Waals surface area contributed by atoms with Crippen LogP contribution in [0.4, 0.5) is 5.13 Å². The van der Waals surface area contributed by atoms with Gasteiger partial charge < -0.3 is 20.3 Å². The molecule has 9 nitrogen and oxygen atoms in total. The van der Waals surface area contributed by atoms with Gasteiger partial charge in [-0.1, -0.05) is 32.0 Å². The standard InChI is InChI=1S/C24H27N5O4S/c1-16(2)20(29(3)23(32)17-9-11-25-12-10-17)22(31)28-24-27-19(15-34-24)21(30)26-13-14-33-18-7-5-4-6-8-18/h4-12,15-16,20H,13-14H2,1-3H3,(H,26,30)(H,27,28,31)/t20-/m0/s1. The summed E-state index contributed by atoms with van der Waals surface area (Å²) in [6.07, 6.45) is 3.06. The number of thiazole rings is 1. The first kappa shape index (κ1) is 24.8. The molecule has 0 aliphatic heterocycles. The van der Waals surface area contributed by atoms with Crippen molar-refractivity contribution in [1.82, 2.24) is 20.2 Å². The molecule has 34 heavy (non-hydrogen) atoms. The molecule has 0 bridgehead atoms. The molecule has 1 atom stereocenters. The van der Waals surface area contributed by atoms with E-state index in [0.717, 1.165) is 17.1 Å². The summed E-state index contributed by atoms with van der Waals surface area (Å²) in [5.74, 6) is -0.449. The molecule has 2 N–H and O–H groups in total. The number of anilines is 1. The summed E-state index contributed by atoms with van der Waals surface area (Å²) in [6.45, 7) is 4.35. The Hall–Kier alpha value is -3.79. The van der Waals surface area contributed by atoms with Crippen molar-refractivity contribution in [3.8, 4) is 5.75 Å². The molecular weight excluding hydrogens is 454 g/mol. The number of pyridine rings is 1. The van der Waals surface area contributed by atoms with Gasteiger partial charge in [0.2, 0.25) is 5.91 Å². The molecule has 0 radical (unpaired) electrons. The van der Waals surface area contributed by atoms with Gasteiger partial charge in [-0.2, -0.15) is 0 Å². The van der Waals surface area contributed by atoms with Crippen molar-refractivity contribution in [3.63, 3.8) is 0 Å². The Morgan fingerprint density at radius 1 is 1.09 bits per heavy atom. The fraction of sp³-hybridized carbons (Fsp3) is 0.292. The molecule has 0 unspecified atom stereocenters. The number of benzene rings is 1. The van der Waals surface area contributed by atoms with E-state index in [-0.39, 0.29) is 34.5 Å². The van der Waals surface area contributed by atoms with Gasteiger partial charge in [0.25, 0.3) is 11.8 Å². The Morgan fingerprint density at radius 3 is 2.47 bits per heavy atom. The minimum absolute atomic E-state index is 0.150. The number of carbonyl (C=O) groups excluding carboxylic acids is 3. The maximum Gasteiger partial charge on any atom is 0.270 e. The van der Waals surface area contributed by atoms with Gasteiger partial charge in [-0.25, -0.2) is 4.98 Å². The fourth-order valence-electron chi connectivity index (χ4n) is 3.31. The van der Waals surface area contributed by atoms with Crippen LogP contribution < -0.4 is 15.4 Å². The minimum Gasteiger partial charge on any atom is -0.492 e. The molecule has 3 amide bonds. The number of nitrogens with one attached hydrogen (secondary N) is 2. The topological polar surface area (TPSA) is 114 Å². The molecule has 178 valence electrons. The van der Waals surface area contributed by atoms with Gasteiger partial charge in [0.05, 0.1) is 6.54 Å². The van der Waals surface area contributed by atoms with E-state index in [9.17, 15) is 14.4 Å². The maximum atomic E-state index is 13.0. The number of likely N-dealkylation sites (N-methyl/N-ethyl adjacent to an activating group) is 1. The fourth-order valence-corrected chi connectivity index (χ4v) is 4.00. The number of amides is 3. The third-order valence-electron chi connectivity index (χ3n) is 4.93. The molecule has 2 aromatic heterocycles. The SMILES string of the molecule is CC(C)[C@@H](C(=O)Nc1nc(C(=O)NCCOc2ccccc2)cs1)N(C)C(=O)c1ccncc1. The highest BCUT2D eigenvalue weighted by atomic mass is 32.1. The largest absolute Gasteiger partial charge is 0.492 e. The summed E-state index contributed by atoms with van der Waals surface area (Å²) in [5.41, 5.74) is 0.641. The number of hydrogen-bond donors (Lipinski definition) is 2. The summed E-state index contributed by atoms with van der Waals surface area (Å²) in [7, 11) is 1.59. The van der Waals surface area contributed by atoms with Gasteiger partial charge in [-0.3, -0.25) is 19.4 Å². The highest BCUT2D eigenvalue weighted by molar-refractivity contribution is 7.14. The molecule has 0 saturated heterocycles. The zero-order valence-corrected chi connectivity index (χ0v) is 20.0. The molecule has 0 saturated carbocycles. The smallest absolute Gasteiger partial charge is 0.270 e. The monoisotopic (exact) mass is 481 g/mol. The first-order valence-corrected chi connectivity index (χ1v) is 11.6. The number of ether oxygens (including phenoxy) is 1. The van der Waals surface area contributed by atoms with E-state index < -0.39 is 6.04 Å². The summed E-state index contributed by atoms with van der Waals surface area (Å²) in [4.78, 5) is 47.7. The molecule has 10 heteroatoms. The van der Waals surface area contributed by atoms with Gasteiger partial charge in [-0.05, 0) is 30.2 Å². The van der Waals surface area contributed by atoms with Crippen LogP contribution in [-0.4, -0.2) is 58.8 Å². The summed E-state index contributed by atoms with van der Waals surface area (Å²) in [6, 6.07) is 11.8. The van der Waals surface area contributed by atoms with Crippen molar-refractivity contribution in [2.75, 3.05) is 25.5 Å². The summed E-state index contributed by atoms with van der Waals surface area (Å²) < 4.78 is 5.55. The van der Waals surface area contributed by atoms with Crippen LogP contribution in [0.3, 0.4) is 0 Å². The van der Waals surface area contributed by atoms with Crippen LogP contribution in [0.5, 0.6) is 5.75 Å². The van der Waals surface area contributed by atoms with Gasteiger partial charge in [0.1, 0.15) is 24.1 Å². The van der Waals surface area contributed by atoms with Crippen LogP contribution in [0.1, 0.15) is 34.7 Å². The van der Waals surface area contributed by atoms with Crippen molar-refractivity contribution in [2.24, 2.45) is 5.92 Å². The van der Waals surface area contributed by atoms with E-state index in [1.807, 2.05) is 44.2 Å². The number of aromatic nitrogens is 2. The zero-order chi connectivity index (χ0) is 24.5. The van der Waals surface area contributed by atoms with E-state index in [2.05, 4.69) is 20.6 Å². The van der Waals surface area contributed by atoms with Crippen LogP contribution in [0.25, 0.3) is 0 Å². The first-order chi connectivity index (χ1) is 16.4. The van der Waals surface area contributed by atoms with E-state index >= 15 is 0 Å². The van der Waals surface area contributed by atoms with Gasteiger partial charge >= 0.3 is 0 Å². The van der Waals surface area contributed by atoms with Crippen LogP contribution in [-0.2, 0) is 4.79 Å². The molecule has 0 fully saturated rings. The van der Waals surface area contributed by atoms with E-state index in [0.29, 0.717) is 18.7 Å². The number of para-hydroxylation sites is 1. The summed E-state index contributed by atoms with van der Waals surface area (Å²) >= 11 is 1.14. The number of carbonyl (C=O) groups is 3. The van der Waals surface area contributed by atoms with Crippen molar-refractivity contribution in [1.29, 1.82) is 0 Å². The second kappa shape index (κ2) is 11.9. The third kappa shape index (κ3) is 6.61. The predicted octanol–water partition coefficient (Wildman–Crippen LogP) is 3.08. The minimum atomic E-state index is -0.725. The second-order valence-electron chi connectivity index (χ2n) is 7.79. The van der Waals surface area contributed by atoms with Crippen molar-refractivity contribution in [3.05, 3.63) is 71.5 Å². The lowest BCUT2D eigenvalue weighted by atomic mass is 10.0. The lowest BCUT2D eigenvalue weighted by Crippen LogP contribution is -2.48. The van der Waals surface area contributed by atoms with E-state index in [4.69, 9.17) is 4.74 Å². The normalized spacial score (nSPS) is 11.5. The van der Waals surface area contributed by atoms with E-state index in [1.54, 1.807) is 24.6 Å². The van der Waals surface area contributed by atoms with Crippen LogP contribution in [0.15, 0.2) is 60.2 Å². The van der Waals surface area contributed by atoms with Crippen molar-refractivity contribution >= 4 is 34.2 Å². The van der Waals surface area contributed by atoms with Gasteiger partial charge in [0.15, 0.2) is 5.13 Å². The lowest BCUT2D eigenvalue weighted by molar-refractivity contribution is -0.121. The Morgan fingerprint density at radius 2 is 1.79 bits per heavy atom. The Labute approximate surface area is 202 Å². The second-order valence-corrected chi connectivity index (χ2v) is 8.64. The van der Waals surface area contributed by atoms with Crippen LogP contribution in [0, 0.1) is 5.92 Å². The molecule has 0 spiro atoms. The molecule has 2 heterocycles. The summed E-state index contributed by atoms with van der Waals surface area (Å²) in [5, 5.41) is 7.32. The van der Waals surface area contributed by atoms with Crippen LogP contribution in [0.2, 0.25) is 0 Å². The predicted molar refractivity (Wildman–Crippen MR) is 130 cm³/mol. The Bertz CT molecular complexity index is 1100. The quantitative estimate of drug-likeness (QED) is 0.430. The Kier molecular flexibility index (Phi) is 8.69. The number of nitrogens with zero attached hydrogens (tertiary/aromatic N) is 3. The Balaban J connectivity index is 1.55. The highest BCUT2D eigenvalue weighted by Crippen LogP contribution is 2.19. The number of rotatable bonds is 10. The molecule has 3 rings (SSSR count). The molecule has 3 aromatic rings. The molecule has 0 aliphatic rings. The highest BCUT2D eigenvalue weighted by Gasteiger charge is 2.31. The van der Waals surface area contributed by atoms with E-state index in [1.165, 1.54) is 17.3 Å². The van der Waals surface area contributed by atoms with Gasteiger partial charge in [0, 0.05) is 30.4 Å². The third-order valence-corrected chi connectivity index (χ3v) is 5.69. The van der Waals surface area contributed by atoms with Gasteiger partial charge in [-0.15, -0.1) is 11.3 Å². The van der Waals surface area contributed by atoms with Crippen LogP contribution >= 0.6 is 11.3 Å².